The van der Waals surface area contributed by atoms with Crippen molar-refractivity contribution in [2.75, 3.05) is 0 Å². The van der Waals surface area contributed by atoms with Gasteiger partial charge in [0.2, 0.25) is 0 Å². The SMILES string of the molecule is Clc1cccc(CCc2nc3nc(Br)ccc3o2)c1. The van der Waals surface area contributed by atoms with Crippen LogP contribution < -0.4 is 0 Å². The van der Waals surface area contributed by atoms with Crippen molar-refractivity contribution in [1.29, 1.82) is 0 Å². The Kier molecular flexibility index (Phi) is 3.53. The number of aryl methyl sites for hydroxylation is 2. The Hall–Kier alpha value is -1.39. The van der Waals surface area contributed by atoms with Crippen molar-refractivity contribution < 1.29 is 4.42 Å². The van der Waals surface area contributed by atoms with Crippen LogP contribution in [0, 0.1) is 0 Å². The largest absolute Gasteiger partial charge is 0.439 e. The van der Waals surface area contributed by atoms with E-state index in [4.69, 9.17) is 16.0 Å². The van der Waals surface area contributed by atoms with Gasteiger partial charge in [-0.25, -0.2) is 4.98 Å². The number of rotatable bonds is 3. The van der Waals surface area contributed by atoms with Crippen molar-refractivity contribution >= 4 is 38.8 Å². The number of aromatic nitrogens is 2. The molecule has 0 bridgehead atoms. The third-order valence-corrected chi connectivity index (χ3v) is 3.46. The van der Waals surface area contributed by atoms with Gasteiger partial charge in [0.05, 0.1) is 0 Å². The molecule has 0 N–H and O–H groups in total. The summed E-state index contributed by atoms with van der Waals surface area (Å²) in [5.74, 6) is 0.695. The molecule has 0 unspecified atom stereocenters. The van der Waals surface area contributed by atoms with Crippen molar-refractivity contribution in [3.05, 3.63) is 57.5 Å². The fraction of sp³-hybridized carbons (Fsp3) is 0.143. The highest BCUT2D eigenvalue weighted by molar-refractivity contribution is 9.10. The quantitative estimate of drug-likeness (QED) is 0.664. The van der Waals surface area contributed by atoms with Gasteiger partial charge in [0.25, 0.3) is 0 Å². The smallest absolute Gasteiger partial charge is 0.199 e. The fourth-order valence-corrected chi connectivity index (χ4v) is 2.40. The standard InChI is InChI=1S/C14H10BrClN2O/c15-12-6-5-11-14(17-12)18-13(19-11)7-4-9-2-1-3-10(16)8-9/h1-3,5-6,8H,4,7H2. The Morgan fingerprint density at radius 2 is 2.00 bits per heavy atom. The molecule has 0 atom stereocenters. The Morgan fingerprint density at radius 3 is 2.84 bits per heavy atom. The number of halogens is 2. The lowest BCUT2D eigenvalue weighted by atomic mass is 10.1. The molecule has 3 nitrogen and oxygen atoms in total. The minimum absolute atomic E-state index is 0.635. The molecular weight excluding hydrogens is 328 g/mol. The summed E-state index contributed by atoms with van der Waals surface area (Å²) in [6.45, 7) is 0. The predicted octanol–water partition coefficient (Wildman–Crippen LogP) is 4.42. The van der Waals surface area contributed by atoms with Gasteiger partial charge in [0.1, 0.15) is 4.60 Å². The van der Waals surface area contributed by atoms with E-state index < -0.39 is 0 Å². The van der Waals surface area contributed by atoms with Crippen molar-refractivity contribution in [3.63, 3.8) is 0 Å². The molecule has 19 heavy (non-hydrogen) atoms. The van der Waals surface area contributed by atoms with E-state index in [0.717, 1.165) is 22.5 Å². The van der Waals surface area contributed by atoms with Gasteiger partial charge in [-0.15, -0.1) is 0 Å². The topological polar surface area (TPSA) is 38.9 Å². The molecule has 0 saturated heterocycles. The van der Waals surface area contributed by atoms with Crippen LogP contribution >= 0.6 is 27.5 Å². The lowest BCUT2D eigenvalue weighted by molar-refractivity contribution is 0.528. The highest BCUT2D eigenvalue weighted by Crippen LogP contribution is 2.18. The normalized spacial score (nSPS) is 11.1. The number of fused-ring (bicyclic) bond motifs is 1. The van der Waals surface area contributed by atoms with E-state index in [2.05, 4.69) is 25.9 Å². The molecule has 2 aromatic heterocycles. The number of hydrogen-bond donors (Lipinski definition) is 0. The van der Waals surface area contributed by atoms with Crippen LogP contribution in [0.5, 0.6) is 0 Å². The van der Waals surface area contributed by atoms with E-state index in [1.807, 2.05) is 36.4 Å². The van der Waals surface area contributed by atoms with E-state index in [-0.39, 0.29) is 0 Å². The van der Waals surface area contributed by atoms with E-state index in [1.165, 1.54) is 5.56 Å². The van der Waals surface area contributed by atoms with Crippen LogP contribution in [0.25, 0.3) is 11.2 Å². The van der Waals surface area contributed by atoms with E-state index in [0.29, 0.717) is 17.1 Å². The van der Waals surface area contributed by atoms with Crippen molar-refractivity contribution in [2.45, 2.75) is 12.8 Å². The van der Waals surface area contributed by atoms with Crippen molar-refractivity contribution in [1.82, 2.24) is 9.97 Å². The second-order valence-electron chi connectivity index (χ2n) is 4.19. The minimum atomic E-state index is 0.635. The van der Waals surface area contributed by atoms with E-state index in [1.54, 1.807) is 0 Å². The van der Waals surface area contributed by atoms with Crippen LogP contribution in [-0.2, 0) is 12.8 Å². The zero-order valence-electron chi connectivity index (χ0n) is 9.94. The maximum absolute atomic E-state index is 5.95. The second kappa shape index (κ2) is 5.31. The van der Waals surface area contributed by atoms with Gasteiger partial charge in [0, 0.05) is 11.4 Å². The Balaban J connectivity index is 1.78. The molecule has 0 radical (unpaired) electrons. The highest BCUT2D eigenvalue weighted by Gasteiger charge is 2.07. The molecule has 0 aliphatic carbocycles. The molecule has 1 aromatic carbocycles. The molecule has 3 aromatic rings. The lowest BCUT2D eigenvalue weighted by Crippen LogP contribution is -1.91. The maximum Gasteiger partial charge on any atom is 0.199 e. The van der Waals surface area contributed by atoms with E-state index >= 15 is 0 Å². The first-order chi connectivity index (χ1) is 9.20. The van der Waals surface area contributed by atoms with Crippen LogP contribution in [0.15, 0.2) is 45.4 Å². The average Bonchev–Trinajstić information content (AvgIpc) is 2.78. The molecule has 0 aliphatic heterocycles. The first-order valence-electron chi connectivity index (χ1n) is 5.87. The Bertz CT molecular complexity index is 726. The molecule has 0 aliphatic rings. The number of nitrogens with zero attached hydrogens (tertiary/aromatic N) is 2. The third-order valence-electron chi connectivity index (χ3n) is 2.78. The Labute approximate surface area is 123 Å². The first kappa shape index (κ1) is 12.6. The summed E-state index contributed by atoms with van der Waals surface area (Å²) < 4.78 is 6.41. The summed E-state index contributed by atoms with van der Waals surface area (Å²) in [6.07, 6.45) is 1.57. The molecule has 96 valence electrons. The lowest BCUT2D eigenvalue weighted by Gasteiger charge is -1.98. The minimum Gasteiger partial charge on any atom is -0.439 e. The van der Waals surface area contributed by atoms with Gasteiger partial charge in [-0.1, -0.05) is 23.7 Å². The summed E-state index contributed by atoms with van der Waals surface area (Å²) in [7, 11) is 0. The number of benzene rings is 1. The fourth-order valence-electron chi connectivity index (χ4n) is 1.89. The number of hydrogen-bond acceptors (Lipinski definition) is 3. The van der Waals surface area contributed by atoms with Gasteiger partial charge < -0.3 is 4.42 Å². The zero-order chi connectivity index (χ0) is 13.2. The van der Waals surface area contributed by atoms with Crippen molar-refractivity contribution in [3.8, 4) is 0 Å². The summed E-state index contributed by atoms with van der Waals surface area (Å²) in [6, 6.07) is 11.5. The third kappa shape index (κ3) is 2.96. The molecule has 0 spiro atoms. The zero-order valence-corrected chi connectivity index (χ0v) is 12.3. The highest BCUT2D eigenvalue weighted by atomic mass is 79.9. The van der Waals surface area contributed by atoms with Gasteiger partial charge >= 0.3 is 0 Å². The van der Waals surface area contributed by atoms with E-state index in [9.17, 15) is 0 Å². The van der Waals surface area contributed by atoms with Gasteiger partial charge in [-0.3, -0.25) is 0 Å². The van der Waals surface area contributed by atoms with Crippen molar-refractivity contribution in [2.24, 2.45) is 0 Å². The molecular formula is C14H10BrClN2O. The number of oxazole rings is 1. The summed E-state index contributed by atoms with van der Waals surface area (Å²) in [5.41, 5.74) is 2.52. The first-order valence-corrected chi connectivity index (χ1v) is 7.04. The summed E-state index contributed by atoms with van der Waals surface area (Å²) in [5, 5.41) is 0.751. The maximum atomic E-state index is 5.95. The molecule has 0 saturated carbocycles. The summed E-state index contributed by atoms with van der Waals surface area (Å²) >= 11 is 9.27. The van der Waals surface area contributed by atoms with Crippen LogP contribution in [0.3, 0.4) is 0 Å². The molecule has 5 heteroatoms. The van der Waals surface area contributed by atoms with Gasteiger partial charge in [-0.2, -0.15) is 4.98 Å². The van der Waals surface area contributed by atoms with Crippen LogP contribution in [0.4, 0.5) is 0 Å². The molecule has 0 amide bonds. The van der Waals surface area contributed by atoms with Crippen LogP contribution in [0.2, 0.25) is 5.02 Å². The number of pyridine rings is 1. The van der Waals surface area contributed by atoms with Gasteiger partial charge in [-0.05, 0) is 52.2 Å². The molecule has 2 heterocycles. The van der Waals surface area contributed by atoms with Gasteiger partial charge in [0.15, 0.2) is 17.1 Å². The molecule has 3 rings (SSSR count). The van der Waals surface area contributed by atoms with Crippen LogP contribution in [0.1, 0.15) is 11.5 Å². The monoisotopic (exact) mass is 336 g/mol. The average molecular weight is 338 g/mol. The van der Waals surface area contributed by atoms with Crippen LogP contribution in [-0.4, -0.2) is 9.97 Å². The predicted molar refractivity (Wildman–Crippen MR) is 78.4 cm³/mol. The summed E-state index contributed by atoms with van der Waals surface area (Å²) in [4.78, 5) is 8.63. The second-order valence-corrected chi connectivity index (χ2v) is 5.44. The molecule has 0 fully saturated rings. The Morgan fingerprint density at radius 1 is 1.11 bits per heavy atom.